The first-order chi connectivity index (χ1) is 8.77. The number of nitrogens with zero attached hydrogens (tertiary/aromatic N) is 1. The highest BCUT2D eigenvalue weighted by atomic mass is 16.5. The largest absolute Gasteiger partial charge is 0.491 e. The zero-order valence-corrected chi connectivity index (χ0v) is 10.8. The van der Waals surface area contributed by atoms with E-state index < -0.39 is 0 Å². The number of carbonyl (C=O) groups excluding carboxylic acids is 1. The molecular weight excluding hydrogens is 226 g/mol. The normalized spacial score (nSPS) is 23.6. The maximum Gasteiger partial charge on any atom is 0.226 e. The Morgan fingerprint density at radius 2 is 2.11 bits per heavy atom. The van der Waals surface area contributed by atoms with E-state index in [1.165, 1.54) is 6.42 Å². The fourth-order valence-electron chi connectivity index (χ4n) is 2.76. The van der Waals surface area contributed by atoms with Crippen LogP contribution in [-0.2, 0) is 4.79 Å². The molecule has 0 radical (unpaired) electrons. The van der Waals surface area contributed by atoms with Crippen molar-refractivity contribution in [3.63, 3.8) is 0 Å². The monoisotopic (exact) mass is 245 g/mol. The Hall–Kier alpha value is -1.51. The predicted octanol–water partition coefficient (Wildman–Crippen LogP) is 2.77. The van der Waals surface area contributed by atoms with Gasteiger partial charge in [0.05, 0.1) is 12.6 Å². The molecular formula is C15H19NO2. The maximum absolute atomic E-state index is 12.4. The number of hydrogen-bond acceptors (Lipinski definition) is 2. The van der Waals surface area contributed by atoms with Gasteiger partial charge >= 0.3 is 0 Å². The van der Waals surface area contributed by atoms with Crippen LogP contribution >= 0.6 is 0 Å². The van der Waals surface area contributed by atoms with E-state index in [0.717, 1.165) is 24.2 Å². The van der Waals surface area contributed by atoms with Crippen molar-refractivity contribution in [3.05, 3.63) is 29.8 Å². The third kappa shape index (κ3) is 1.88. The molecule has 1 heterocycles. The minimum Gasteiger partial charge on any atom is -0.491 e. The van der Waals surface area contributed by atoms with Crippen LogP contribution in [0.1, 0.15) is 37.8 Å². The summed E-state index contributed by atoms with van der Waals surface area (Å²) in [6.45, 7) is 3.40. The molecule has 0 saturated heterocycles. The van der Waals surface area contributed by atoms with Gasteiger partial charge in [-0.25, -0.2) is 0 Å². The number of rotatable bonds is 1. The van der Waals surface area contributed by atoms with Crippen LogP contribution in [-0.4, -0.2) is 24.0 Å². The average Bonchev–Trinajstić information content (AvgIpc) is 2.47. The lowest BCUT2D eigenvalue weighted by atomic mass is 9.84. The van der Waals surface area contributed by atoms with Crippen LogP contribution in [0.4, 0.5) is 0 Å². The molecule has 3 rings (SSSR count). The van der Waals surface area contributed by atoms with E-state index in [0.29, 0.717) is 19.1 Å². The second-order valence-electron chi connectivity index (χ2n) is 5.22. The quantitative estimate of drug-likeness (QED) is 0.761. The van der Waals surface area contributed by atoms with Crippen LogP contribution in [0.3, 0.4) is 0 Å². The van der Waals surface area contributed by atoms with Gasteiger partial charge in [-0.15, -0.1) is 0 Å². The lowest BCUT2D eigenvalue weighted by molar-refractivity contribution is -0.140. The number of hydrogen-bond donors (Lipinski definition) is 0. The molecule has 3 nitrogen and oxygen atoms in total. The first kappa shape index (κ1) is 11.6. The van der Waals surface area contributed by atoms with Gasteiger partial charge in [-0.3, -0.25) is 4.79 Å². The van der Waals surface area contributed by atoms with Crippen LogP contribution in [0.15, 0.2) is 24.3 Å². The van der Waals surface area contributed by atoms with E-state index in [4.69, 9.17) is 4.74 Å². The molecule has 0 aromatic heterocycles. The van der Waals surface area contributed by atoms with Gasteiger partial charge in [0.1, 0.15) is 12.4 Å². The van der Waals surface area contributed by atoms with Crippen LogP contribution in [0.25, 0.3) is 0 Å². The van der Waals surface area contributed by atoms with Crippen molar-refractivity contribution in [2.45, 2.75) is 32.2 Å². The van der Waals surface area contributed by atoms with Crippen molar-refractivity contribution in [3.8, 4) is 5.75 Å². The lowest BCUT2D eigenvalue weighted by Crippen LogP contribution is -2.41. The predicted molar refractivity (Wildman–Crippen MR) is 69.4 cm³/mol. The number of amides is 1. The van der Waals surface area contributed by atoms with Crippen LogP contribution in [0, 0.1) is 5.92 Å². The number of fused-ring (bicyclic) bond motifs is 1. The third-order valence-corrected chi connectivity index (χ3v) is 4.16. The van der Waals surface area contributed by atoms with E-state index in [9.17, 15) is 4.79 Å². The van der Waals surface area contributed by atoms with E-state index >= 15 is 0 Å². The molecule has 3 heteroatoms. The molecule has 96 valence electrons. The van der Waals surface area contributed by atoms with Crippen molar-refractivity contribution < 1.29 is 9.53 Å². The summed E-state index contributed by atoms with van der Waals surface area (Å²) in [7, 11) is 0. The summed E-state index contributed by atoms with van der Waals surface area (Å²) < 4.78 is 5.74. The van der Waals surface area contributed by atoms with Crippen molar-refractivity contribution in [2.24, 2.45) is 5.92 Å². The summed E-state index contributed by atoms with van der Waals surface area (Å²) >= 11 is 0. The fraction of sp³-hybridized carbons (Fsp3) is 0.533. The van der Waals surface area contributed by atoms with Gasteiger partial charge in [0.15, 0.2) is 0 Å². The molecule has 0 spiro atoms. The molecule has 1 aromatic rings. The third-order valence-electron chi connectivity index (χ3n) is 4.16. The van der Waals surface area contributed by atoms with Gasteiger partial charge in [-0.05, 0) is 25.8 Å². The highest BCUT2D eigenvalue weighted by molar-refractivity contribution is 5.80. The SMILES string of the molecule is CC1c2ccccc2OCCN1C(=O)C1CCC1. The molecule has 1 atom stereocenters. The van der Waals surface area contributed by atoms with Crippen LogP contribution in [0.2, 0.25) is 0 Å². The fourth-order valence-corrected chi connectivity index (χ4v) is 2.76. The Balaban J connectivity index is 1.86. The summed E-state index contributed by atoms with van der Waals surface area (Å²) in [4.78, 5) is 14.4. The van der Waals surface area contributed by atoms with E-state index in [1.807, 2.05) is 23.1 Å². The number of para-hydroxylation sites is 1. The first-order valence-electron chi connectivity index (χ1n) is 6.79. The minimum absolute atomic E-state index is 0.122. The molecule has 1 aliphatic heterocycles. The molecule has 1 saturated carbocycles. The Morgan fingerprint density at radius 3 is 2.83 bits per heavy atom. The highest BCUT2D eigenvalue weighted by Crippen LogP contribution is 2.35. The molecule has 1 fully saturated rings. The molecule has 1 unspecified atom stereocenters. The minimum atomic E-state index is 0.122. The smallest absolute Gasteiger partial charge is 0.226 e. The van der Waals surface area contributed by atoms with Gasteiger partial charge in [0, 0.05) is 11.5 Å². The van der Waals surface area contributed by atoms with Gasteiger partial charge in [-0.2, -0.15) is 0 Å². The van der Waals surface area contributed by atoms with Crippen LogP contribution in [0.5, 0.6) is 5.75 Å². The summed E-state index contributed by atoms with van der Waals surface area (Å²) in [6.07, 6.45) is 3.32. The average molecular weight is 245 g/mol. The molecule has 1 aromatic carbocycles. The Labute approximate surface area is 108 Å². The second-order valence-corrected chi connectivity index (χ2v) is 5.22. The second kappa shape index (κ2) is 4.63. The summed E-state index contributed by atoms with van der Waals surface area (Å²) in [5.74, 6) is 1.50. The highest BCUT2D eigenvalue weighted by Gasteiger charge is 2.33. The number of benzene rings is 1. The van der Waals surface area contributed by atoms with Crippen molar-refractivity contribution >= 4 is 5.91 Å². The molecule has 18 heavy (non-hydrogen) atoms. The summed E-state index contributed by atoms with van der Waals surface area (Å²) in [5, 5.41) is 0. The molecule has 2 aliphatic rings. The van der Waals surface area contributed by atoms with Gasteiger partial charge in [0.2, 0.25) is 5.91 Å². The zero-order valence-electron chi connectivity index (χ0n) is 10.8. The van der Waals surface area contributed by atoms with Gasteiger partial charge in [-0.1, -0.05) is 24.6 Å². The van der Waals surface area contributed by atoms with Gasteiger partial charge in [0.25, 0.3) is 0 Å². The molecule has 1 aliphatic carbocycles. The van der Waals surface area contributed by atoms with E-state index in [1.54, 1.807) is 0 Å². The Bertz CT molecular complexity index is 454. The molecule has 1 amide bonds. The van der Waals surface area contributed by atoms with Gasteiger partial charge < -0.3 is 9.64 Å². The Morgan fingerprint density at radius 1 is 1.33 bits per heavy atom. The zero-order chi connectivity index (χ0) is 12.5. The maximum atomic E-state index is 12.4. The van der Waals surface area contributed by atoms with E-state index in [-0.39, 0.29) is 12.0 Å². The first-order valence-corrected chi connectivity index (χ1v) is 6.79. The molecule has 0 bridgehead atoms. The molecule has 0 N–H and O–H groups in total. The Kier molecular flexibility index (Phi) is 2.98. The topological polar surface area (TPSA) is 29.5 Å². The van der Waals surface area contributed by atoms with Crippen molar-refractivity contribution in [1.29, 1.82) is 0 Å². The summed E-state index contributed by atoms with van der Waals surface area (Å²) in [5.41, 5.74) is 1.13. The van der Waals surface area contributed by atoms with Crippen molar-refractivity contribution in [2.75, 3.05) is 13.2 Å². The summed E-state index contributed by atoms with van der Waals surface area (Å²) in [6, 6.07) is 8.16. The number of carbonyl (C=O) groups is 1. The van der Waals surface area contributed by atoms with E-state index in [2.05, 4.69) is 13.0 Å². The van der Waals surface area contributed by atoms with Crippen LogP contribution < -0.4 is 4.74 Å². The standard InChI is InChI=1S/C15H19NO2/c1-11-13-7-2-3-8-14(13)18-10-9-16(11)15(17)12-5-4-6-12/h2-3,7-8,11-12H,4-6,9-10H2,1H3. The lowest BCUT2D eigenvalue weighted by Gasteiger charge is -2.34. The number of ether oxygens (including phenoxy) is 1. The van der Waals surface area contributed by atoms with Crippen molar-refractivity contribution in [1.82, 2.24) is 4.90 Å².